The van der Waals surface area contributed by atoms with Crippen LogP contribution < -0.4 is 30.3 Å². The Balaban J connectivity index is 1.69. The molecule has 1 aliphatic rings. The molecule has 1 aliphatic heterocycles. The topological polar surface area (TPSA) is 180 Å². The second-order valence-corrected chi connectivity index (χ2v) is 9.24. The number of carbonyl (C=O) groups excluding carboxylic acids is 3. The molecular weight excluding hydrogens is 618 g/mol. The molecule has 220 valence electrons. The van der Waals surface area contributed by atoms with Gasteiger partial charge in [0.05, 0.1) is 40.9 Å². The van der Waals surface area contributed by atoms with Gasteiger partial charge in [-0.1, -0.05) is 12.0 Å². The van der Waals surface area contributed by atoms with E-state index in [0.29, 0.717) is 16.8 Å². The average Bonchev–Trinajstić information content (AvgIpc) is 2.94. The van der Waals surface area contributed by atoms with Crippen molar-refractivity contribution >= 4 is 45.7 Å². The van der Waals surface area contributed by atoms with Crippen molar-refractivity contribution in [2.75, 3.05) is 26.9 Å². The molecule has 3 N–H and O–H groups in total. The summed E-state index contributed by atoms with van der Waals surface area (Å²) in [5.74, 6) is 1.44. The van der Waals surface area contributed by atoms with Crippen LogP contribution in [-0.4, -0.2) is 56.0 Å². The van der Waals surface area contributed by atoms with Gasteiger partial charge < -0.3 is 29.6 Å². The molecule has 0 radical (unpaired) electrons. The van der Waals surface area contributed by atoms with Crippen molar-refractivity contribution < 1.29 is 38.3 Å². The number of terminal acetylenes is 1. The molecule has 2 aromatic carbocycles. The highest BCUT2D eigenvalue weighted by Gasteiger charge is 2.32. The van der Waals surface area contributed by atoms with E-state index >= 15 is 0 Å². The van der Waals surface area contributed by atoms with Gasteiger partial charge in [0.15, 0.2) is 18.1 Å². The summed E-state index contributed by atoms with van der Waals surface area (Å²) in [6.45, 7) is 2.82. The van der Waals surface area contributed by atoms with E-state index in [1.54, 1.807) is 26.0 Å². The van der Waals surface area contributed by atoms with Gasteiger partial charge in [0, 0.05) is 17.3 Å². The van der Waals surface area contributed by atoms with Gasteiger partial charge in [0.25, 0.3) is 5.91 Å². The van der Waals surface area contributed by atoms with Crippen LogP contribution in [0.2, 0.25) is 0 Å². The van der Waals surface area contributed by atoms with Crippen LogP contribution in [0.25, 0.3) is 0 Å². The highest BCUT2D eigenvalue weighted by Crippen LogP contribution is 2.36. The Morgan fingerprint density at radius 3 is 2.69 bits per heavy atom. The average molecular weight is 644 g/mol. The third kappa shape index (κ3) is 7.76. The number of nitro groups is 1. The summed E-state index contributed by atoms with van der Waals surface area (Å²) in [5.41, 5.74) is 3.34. The first kappa shape index (κ1) is 31.4. The zero-order valence-electron chi connectivity index (χ0n) is 22.7. The molecule has 0 saturated carbocycles. The molecule has 42 heavy (non-hydrogen) atoms. The van der Waals surface area contributed by atoms with Gasteiger partial charge in [0.1, 0.15) is 6.61 Å². The standard InChI is InChI=1S/C27H26BrN5O9/c1-5-9-41-25-18(28)10-16(11-19(25)33(37)38)13-29-32-22(34)14-42-20-8-7-17(12-21(20)39-4)24-23(26(35)40-6-2)15(3)30-27(36)31-24/h1,7-8,10-13,24H,6,9,14H2,2-4H3,(H,32,34)(H2,30,31,36)/b29-13+/t24-/m1/s1. The van der Waals surface area contributed by atoms with E-state index in [-0.39, 0.29) is 46.2 Å². The van der Waals surface area contributed by atoms with Crippen molar-refractivity contribution in [2.24, 2.45) is 5.10 Å². The summed E-state index contributed by atoms with van der Waals surface area (Å²) in [6.07, 6.45) is 6.36. The van der Waals surface area contributed by atoms with Crippen LogP contribution in [0, 0.1) is 22.5 Å². The Morgan fingerprint density at radius 1 is 1.26 bits per heavy atom. The molecule has 2 aromatic rings. The summed E-state index contributed by atoms with van der Waals surface area (Å²) in [4.78, 5) is 47.8. The van der Waals surface area contributed by atoms with Crippen molar-refractivity contribution in [3.05, 3.63) is 67.3 Å². The number of hydrogen-bond donors (Lipinski definition) is 3. The fraction of sp³-hybridized carbons (Fsp3) is 0.259. The predicted octanol–water partition coefficient (Wildman–Crippen LogP) is 3.10. The zero-order valence-corrected chi connectivity index (χ0v) is 24.3. The van der Waals surface area contributed by atoms with Gasteiger partial charge in [-0.2, -0.15) is 5.10 Å². The van der Waals surface area contributed by atoms with Crippen LogP contribution in [0.1, 0.15) is 31.0 Å². The number of esters is 1. The van der Waals surface area contributed by atoms with E-state index in [1.165, 1.54) is 31.5 Å². The summed E-state index contributed by atoms with van der Waals surface area (Å²) in [6, 6.07) is 6.12. The first-order chi connectivity index (χ1) is 20.1. The second-order valence-electron chi connectivity index (χ2n) is 8.38. The van der Waals surface area contributed by atoms with Gasteiger partial charge in [-0.25, -0.2) is 15.0 Å². The van der Waals surface area contributed by atoms with Crippen molar-refractivity contribution in [3.8, 4) is 29.6 Å². The molecule has 14 nitrogen and oxygen atoms in total. The summed E-state index contributed by atoms with van der Waals surface area (Å²) >= 11 is 3.21. The lowest BCUT2D eigenvalue weighted by molar-refractivity contribution is -0.385. The molecule has 1 atom stereocenters. The second kappa shape index (κ2) is 14.5. The first-order valence-electron chi connectivity index (χ1n) is 12.2. The van der Waals surface area contributed by atoms with Gasteiger partial charge in [-0.3, -0.25) is 14.9 Å². The SMILES string of the molecule is C#CCOc1c(Br)cc(/C=N/NC(=O)COc2ccc([C@H]3NC(=O)NC(C)=C3C(=O)OCC)cc2OC)cc1[N+](=O)[O-]. The van der Waals surface area contributed by atoms with Gasteiger partial charge in [0.2, 0.25) is 5.75 Å². The van der Waals surface area contributed by atoms with Crippen LogP contribution >= 0.6 is 15.9 Å². The first-order valence-corrected chi connectivity index (χ1v) is 13.0. The minimum atomic E-state index is -0.813. The fourth-order valence-electron chi connectivity index (χ4n) is 3.83. The highest BCUT2D eigenvalue weighted by atomic mass is 79.9. The molecule has 15 heteroatoms. The fourth-order valence-corrected chi connectivity index (χ4v) is 4.41. The Kier molecular flexibility index (Phi) is 10.9. The third-order valence-electron chi connectivity index (χ3n) is 5.59. The molecule has 0 spiro atoms. The summed E-state index contributed by atoms with van der Waals surface area (Å²) in [5, 5.41) is 20.5. The van der Waals surface area contributed by atoms with Crippen molar-refractivity contribution in [2.45, 2.75) is 19.9 Å². The lowest BCUT2D eigenvalue weighted by Gasteiger charge is -2.28. The highest BCUT2D eigenvalue weighted by molar-refractivity contribution is 9.10. The number of methoxy groups -OCH3 is 1. The predicted molar refractivity (Wildman–Crippen MR) is 153 cm³/mol. The van der Waals surface area contributed by atoms with E-state index < -0.39 is 35.5 Å². The number of urea groups is 1. The number of rotatable bonds is 12. The number of hydrazone groups is 1. The quantitative estimate of drug-likeness (QED) is 0.103. The van der Waals surface area contributed by atoms with Crippen molar-refractivity contribution in [3.63, 3.8) is 0 Å². The number of hydrogen-bond acceptors (Lipinski definition) is 10. The number of benzene rings is 2. The minimum Gasteiger partial charge on any atom is -0.493 e. The normalized spacial score (nSPS) is 14.4. The molecule has 0 aromatic heterocycles. The van der Waals surface area contributed by atoms with E-state index in [0.717, 1.165) is 0 Å². The van der Waals surface area contributed by atoms with Gasteiger partial charge in [-0.15, -0.1) is 6.42 Å². The number of nitrogens with one attached hydrogen (secondary N) is 3. The van der Waals surface area contributed by atoms with Gasteiger partial charge >= 0.3 is 17.7 Å². The molecule has 0 aliphatic carbocycles. The maximum Gasteiger partial charge on any atom is 0.338 e. The van der Waals surface area contributed by atoms with Crippen LogP contribution in [0.5, 0.6) is 17.2 Å². The van der Waals surface area contributed by atoms with Crippen LogP contribution in [0.3, 0.4) is 0 Å². The molecule has 0 fully saturated rings. The van der Waals surface area contributed by atoms with E-state index in [2.05, 4.69) is 43.0 Å². The lowest BCUT2D eigenvalue weighted by Crippen LogP contribution is -2.45. The third-order valence-corrected chi connectivity index (χ3v) is 6.18. The lowest BCUT2D eigenvalue weighted by atomic mass is 9.95. The van der Waals surface area contributed by atoms with Crippen LogP contribution in [0.4, 0.5) is 10.5 Å². The Morgan fingerprint density at radius 2 is 2.02 bits per heavy atom. The number of carbonyl (C=O) groups is 3. The maximum absolute atomic E-state index is 12.6. The molecule has 1 heterocycles. The monoisotopic (exact) mass is 643 g/mol. The number of ether oxygens (including phenoxy) is 4. The Labute approximate surface area is 248 Å². The molecule has 0 unspecified atom stereocenters. The van der Waals surface area contributed by atoms with E-state index in [1.807, 2.05) is 0 Å². The van der Waals surface area contributed by atoms with Crippen molar-refractivity contribution in [1.82, 2.24) is 16.1 Å². The molecule has 0 bridgehead atoms. The van der Waals surface area contributed by atoms with E-state index in [4.69, 9.17) is 25.4 Å². The number of nitro benzene ring substituents is 1. The molecule has 3 amide bonds. The molecule has 3 rings (SSSR count). The largest absolute Gasteiger partial charge is 0.493 e. The van der Waals surface area contributed by atoms with Crippen LogP contribution in [-0.2, 0) is 14.3 Å². The molecular formula is C27H26BrN5O9. The number of nitrogens with zero attached hydrogens (tertiary/aromatic N) is 2. The smallest absolute Gasteiger partial charge is 0.338 e. The van der Waals surface area contributed by atoms with Crippen LogP contribution in [0.15, 0.2) is 51.2 Å². The summed E-state index contributed by atoms with van der Waals surface area (Å²) < 4.78 is 21.6. The molecule has 0 saturated heterocycles. The van der Waals surface area contributed by atoms with E-state index in [9.17, 15) is 24.5 Å². The van der Waals surface area contributed by atoms with Crippen molar-refractivity contribution in [1.29, 1.82) is 0 Å². The minimum absolute atomic E-state index is 0.0293. The Bertz CT molecular complexity index is 1500. The Hall–Kier alpha value is -5.10. The van der Waals surface area contributed by atoms with Gasteiger partial charge in [-0.05, 0) is 53.5 Å². The number of amides is 3. The number of halogens is 1. The zero-order chi connectivity index (χ0) is 30.8. The summed E-state index contributed by atoms with van der Waals surface area (Å²) in [7, 11) is 1.39. The maximum atomic E-state index is 12.6. The number of allylic oxidation sites excluding steroid dienone is 1.